The van der Waals surface area contributed by atoms with E-state index in [9.17, 15) is 13.2 Å². The van der Waals surface area contributed by atoms with E-state index in [1.165, 1.54) is 47.1 Å². The molecule has 2 aromatic rings. The summed E-state index contributed by atoms with van der Waals surface area (Å²) in [5, 5.41) is 15.3. The zero-order valence-electron chi connectivity index (χ0n) is 16.5. The van der Waals surface area contributed by atoms with E-state index in [1.807, 2.05) is 6.92 Å². The van der Waals surface area contributed by atoms with E-state index in [-0.39, 0.29) is 22.1 Å². The number of nitrogens with zero attached hydrogens (tertiary/aromatic N) is 3. The van der Waals surface area contributed by atoms with Crippen LogP contribution in [-0.2, 0) is 14.9 Å². The number of fused-ring (bicyclic) bond motifs is 1. The van der Waals surface area contributed by atoms with Crippen LogP contribution in [0, 0.1) is 5.41 Å². The summed E-state index contributed by atoms with van der Waals surface area (Å²) >= 11 is 1.30. The lowest BCUT2D eigenvalue weighted by Crippen LogP contribution is -2.35. The summed E-state index contributed by atoms with van der Waals surface area (Å²) in [7, 11) is -3.94. The van der Waals surface area contributed by atoms with Crippen molar-refractivity contribution in [3.63, 3.8) is 0 Å². The number of aliphatic imine (C=N–C) groups is 1. The van der Waals surface area contributed by atoms with Gasteiger partial charge >= 0.3 is 10.1 Å². The monoisotopic (exact) mass is 454 g/mol. The Labute approximate surface area is 184 Å². The average molecular weight is 455 g/mol. The molecular weight excluding hydrogens is 436 g/mol. The van der Waals surface area contributed by atoms with E-state index in [1.54, 1.807) is 30.3 Å². The molecule has 2 aromatic carbocycles. The van der Waals surface area contributed by atoms with Crippen molar-refractivity contribution in [1.82, 2.24) is 5.01 Å². The Kier molecular flexibility index (Phi) is 5.75. The number of thioether (sulfide) groups is 1. The molecule has 31 heavy (non-hydrogen) atoms. The summed E-state index contributed by atoms with van der Waals surface area (Å²) in [4.78, 5) is 16.5. The van der Waals surface area contributed by atoms with Gasteiger partial charge in [-0.05, 0) is 60.5 Å². The van der Waals surface area contributed by atoms with Crippen molar-refractivity contribution in [2.75, 3.05) is 0 Å². The Morgan fingerprint density at radius 1 is 1.13 bits per heavy atom. The van der Waals surface area contributed by atoms with Crippen LogP contribution in [0.25, 0.3) is 6.08 Å². The second-order valence-corrected chi connectivity index (χ2v) is 9.27. The second-order valence-electron chi connectivity index (χ2n) is 6.68. The maximum Gasteiger partial charge on any atom is 0.339 e. The highest BCUT2D eigenvalue weighted by molar-refractivity contribution is 8.26. The minimum Gasteiger partial charge on any atom is -0.379 e. The first kappa shape index (κ1) is 21.0. The number of rotatable bonds is 6. The Balaban J connectivity index is 1.54. The molecule has 8 nitrogen and oxygen atoms in total. The molecule has 1 N–H and O–H groups in total. The Morgan fingerprint density at radius 3 is 2.52 bits per heavy atom. The van der Waals surface area contributed by atoms with Gasteiger partial charge in [-0.1, -0.05) is 37.3 Å². The van der Waals surface area contributed by atoms with Crippen LogP contribution in [0.15, 0.2) is 75.2 Å². The number of nitrogens with one attached hydrogen (secondary N) is 1. The van der Waals surface area contributed by atoms with Gasteiger partial charge in [-0.3, -0.25) is 10.2 Å². The molecule has 2 aliphatic heterocycles. The smallest absolute Gasteiger partial charge is 0.339 e. The van der Waals surface area contributed by atoms with Gasteiger partial charge in [0, 0.05) is 0 Å². The quantitative estimate of drug-likeness (QED) is 0.524. The molecule has 2 aliphatic rings. The van der Waals surface area contributed by atoms with E-state index in [2.05, 4.69) is 10.1 Å². The van der Waals surface area contributed by atoms with E-state index in [0.29, 0.717) is 10.7 Å². The van der Waals surface area contributed by atoms with Crippen molar-refractivity contribution < 1.29 is 17.4 Å². The number of carbonyl (C=O) groups excluding carboxylic acids is 1. The molecule has 0 unspecified atom stereocenters. The number of hydrazone groups is 1. The normalized spacial score (nSPS) is 17.5. The second kappa shape index (κ2) is 8.48. The van der Waals surface area contributed by atoms with Crippen molar-refractivity contribution >= 4 is 49.9 Å². The lowest BCUT2D eigenvalue weighted by Gasteiger charge is -2.20. The highest BCUT2D eigenvalue weighted by Gasteiger charge is 2.35. The molecule has 1 amide bonds. The molecular formula is C21H18N4O4S2. The van der Waals surface area contributed by atoms with E-state index in [4.69, 9.17) is 9.59 Å². The fourth-order valence-electron chi connectivity index (χ4n) is 2.89. The molecule has 0 spiro atoms. The molecule has 0 aromatic heterocycles. The summed E-state index contributed by atoms with van der Waals surface area (Å²) < 4.78 is 29.8. The molecule has 0 bridgehead atoms. The van der Waals surface area contributed by atoms with Gasteiger partial charge in [0.25, 0.3) is 5.91 Å². The topological polar surface area (TPSA) is 112 Å². The molecule has 0 radical (unpaired) electrons. The van der Waals surface area contributed by atoms with Crippen LogP contribution >= 0.6 is 11.8 Å². The van der Waals surface area contributed by atoms with Crippen LogP contribution in [0.3, 0.4) is 0 Å². The lowest BCUT2D eigenvalue weighted by molar-refractivity contribution is -0.114. The first-order valence-electron chi connectivity index (χ1n) is 9.46. The first-order valence-corrected chi connectivity index (χ1v) is 11.7. The van der Waals surface area contributed by atoms with Crippen LogP contribution in [0.5, 0.6) is 5.75 Å². The molecule has 0 saturated heterocycles. The third-order valence-corrected chi connectivity index (χ3v) is 6.62. The van der Waals surface area contributed by atoms with Gasteiger partial charge in [0.1, 0.15) is 15.7 Å². The van der Waals surface area contributed by atoms with Crippen LogP contribution in [0.2, 0.25) is 0 Å². The average Bonchev–Trinajstić information content (AvgIpc) is 3.15. The minimum absolute atomic E-state index is 0.0411. The number of carbonyl (C=O) groups is 1. The predicted octanol–water partition coefficient (Wildman–Crippen LogP) is 3.87. The molecule has 0 aliphatic carbocycles. The number of benzene rings is 2. The van der Waals surface area contributed by atoms with Gasteiger partial charge in [-0.25, -0.2) is 0 Å². The molecule has 0 atom stereocenters. The third kappa shape index (κ3) is 4.44. The fraction of sp³-hybridized carbons (Fsp3) is 0.143. The maximum atomic E-state index is 12.4. The van der Waals surface area contributed by atoms with E-state index in [0.717, 1.165) is 17.9 Å². The number of hydrogen-bond donors (Lipinski definition) is 1. The number of hydrogen-bond acceptors (Lipinski definition) is 7. The Bertz CT molecular complexity index is 1230. The van der Waals surface area contributed by atoms with Gasteiger partial charge in [-0.15, -0.1) is 0 Å². The van der Waals surface area contributed by atoms with Crippen molar-refractivity contribution in [2.45, 2.75) is 24.7 Å². The Morgan fingerprint density at radius 2 is 1.84 bits per heavy atom. The van der Waals surface area contributed by atoms with Gasteiger partial charge in [-0.2, -0.15) is 23.5 Å². The first-order chi connectivity index (χ1) is 14.9. The molecule has 0 saturated carbocycles. The number of amidine groups is 2. The summed E-state index contributed by atoms with van der Waals surface area (Å²) in [5.74, 6) is -0.412. The summed E-state index contributed by atoms with van der Waals surface area (Å²) in [6.45, 7) is 2.03. The van der Waals surface area contributed by atoms with Crippen molar-refractivity contribution in [3.05, 3.63) is 65.7 Å². The maximum absolute atomic E-state index is 12.4. The molecule has 0 fully saturated rings. The largest absolute Gasteiger partial charge is 0.379 e. The van der Waals surface area contributed by atoms with E-state index < -0.39 is 16.0 Å². The van der Waals surface area contributed by atoms with Gasteiger partial charge in [0.15, 0.2) is 5.84 Å². The van der Waals surface area contributed by atoms with Crippen LogP contribution in [-0.4, -0.2) is 35.4 Å². The lowest BCUT2D eigenvalue weighted by atomic mass is 10.1. The summed E-state index contributed by atoms with van der Waals surface area (Å²) in [6.07, 6.45) is 3.19. The zero-order valence-corrected chi connectivity index (χ0v) is 18.1. The standard InChI is InChI=1S/C21H18N4O4S2/c1-2-6-18-24-25-19(22)17(20(26)23-21(25)30-18)13-14-9-11-15(12-10-14)29-31(27,28)16-7-4-3-5-8-16/h3-5,7-13,22H,2,6H2,1H3/b17-13-,22-19?. The summed E-state index contributed by atoms with van der Waals surface area (Å²) in [5.41, 5.74) is 0.706. The number of amides is 1. The highest BCUT2D eigenvalue weighted by Crippen LogP contribution is 2.30. The highest BCUT2D eigenvalue weighted by atomic mass is 32.2. The van der Waals surface area contributed by atoms with Gasteiger partial charge in [0.2, 0.25) is 5.17 Å². The van der Waals surface area contributed by atoms with Crippen LogP contribution in [0.1, 0.15) is 25.3 Å². The molecule has 4 rings (SSSR count). The van der Waals surface area contributed by atoms with Gasteiger partial charge in [0.05, 0.1) is 5.57 Å². The van der Waals surface area contributed by atoms with Crippen LogP contribution in [0.4, 0.5) is 0 Å². The molecule has 10 heteroatoms. The fourth-order valence-corrected chi connectivity index (χ4v) is 4.83. The van der Waals surface area contributed by atoms with Crippen molar-refractivity contribution in [3.8, 4) is 5.75 Å². The SMILES string of the molecule is CCCC1=NN2C(=N)/C(=C/c3ccc(OS(=O)(=O)c4ccccc4)cc3)C(=O)N=C2S1. The predicted molar refractivity (Wildman–Crippen MR) is 121 cm³/mol. The summed E-state index contributed by atoms with van der Waals surface area (Å²) in [6, 6.07) is 14.0. The minimum atomic E-state index is -3.94. The van der Waals surface area contributed by atoms with Crippen molar-refractivity contribution in [1.29, 1.82) is 5.41 Å². The van der Waals surface area contributed by atoms with E-state index >= 15 is 0 Å². The van der Waals surface area contributed by atoms with Crippen molar-refractivity contribution in [2.24, 2.45) is 10.1 Å². The van der Waals surface area contributed by atoms with Gasteiger partial charge < -0.3 is 4.18 Å². The third-order valence-electron chi connectivity index (χ3n) is 4.39. The Hall–Kier alpha value is -3.24. The zero-order chi connectivity index (χ0) is 22.0. The molecule has 158 valence electrons. The molecule has 2 heterocycles. The van der Waals surface area contributed by atoms with Crippen LogP contribution < -0.4 is 4.18 Å².